The third kappa shape index (κ3) is 3.16. The maximum Gasteiger partial charge on any atom is 0.234 e. The van der Waals surface area contributed by atoms with Crippen molar-refractivity contribution in [3.05, 3.63) is 29.3 Å². The van der Waals surface area contributed by atoms with Crippen LogP contribution in [0.1, 0.15) is 37.2 Å². The number of nitrogens with one attached hydrogen (secondary N) is 1. The predicted octanol–water partition coefficient (Wildman–Crippen LogP) is 1.90. The molecule has 2 amide bonds. The van der Waals surface area contributed by atoms with Gasteiger partial charge < -0.3 is 9.69 Å². The maximum absolute atomic E-state index is 14.5. The minimum Gasteiger partial charge on any atom is -0.371 e. The lowest BCUT2D eigenvalue weighted by Crippen LogP contribution is -2.40. The molecule has 1 aromatic rings. The number of aldehydes is 1. The molecule has 2 aliphatic heterocycles. The van der Waals surface area contributed by atoms with E-state index in [1.165, 1.54) is 12.1 Å². The molecule has 0 saturated carbocycles. The van der Waals surface area contributed by atoms with E-state index in [-0.39, 0.29) is 24.3 Å². The van der Waals surface area contributed by atoms with Crippen LogP contribution in [0.15, 0.2) is 12.1 Å². The third-order valence-corrected chi connectivity index (χ3v) is 4.67. The van der Waals surface area contributed by atoms with E-state index in [0.717, 1.165) is 19.1 Å². The van der Waals surface area contributed by atoms with Crippen LogP contribution in [-0.2, 0) is 14.4 Å². The summed E-state index contributed by atoms with van der Waals surface area (Å²) in [5.74, 6) is -3.83. The highest BCUT2D eigenvalue weighted by atomic mass is 19.1. The highest BCUT2D eigenvalue weighted by molar-refractivity contribution is 6.01. The number of benzene rings is 1. The largest absolute Gasteiger partial charge is 0.371 e. The fourth-order valence-electron chi connectivity index (χ4n) is 3.41. The quantitative estimate of drug-likeness (QED) is 0.676. The Morgan fingerprint density at radius 1 is 1.17 bits per heavy atom. The molecule has 1 unspecified atom stereocenters. The lowest BCUT2D eigenvalue weighted by molar-refractivity contribution is -0.134. The average Bonchev–Trinajstić information content (AvgIpc) is 2.56. The number of imide groups is 1. The number of piperidine rings is 2. The van der Waals surface area contributed by atoms with Crippen molar-refractivity contribution in [2.24, 2.45) is 5.92 Å². The van der Waals surface area contributed by atoms with E-state index >= 15 is 0 Å². The third-order valence-electron chi connectivity index (χ3n) is 4.67. The summed E-state index contributed by atoms with van der Waals surface area (Å²) >= 11 is 0. The first-order valence-electron chi connectivity index (χ1n) is 8.02. The summed E-state index contributed by atoms with van der Waals surface area (Å²) in [6.07, 6.45) is 2.58. The van der Waals surface area contributed by atoms with E-state index in [0.29, 0.717) is 18.8 Å². The summed E-state index contributed by atoms with van der Waals surface area (Å²) in [5.41, 5.74) is 0.0697. The van der Waals surface area contributed by atoms with E-state index in [2.05, 4.69) is 5.32 Å². The first-order chi connectivity index (χ1) is 11.5. The Morgan fingerprint density at radius 2 is 1.88 bits per heavy atom. The van der Waals surface area contributed by atoms with Gasteiger partial charge in [0.05, 0.1) is 5.92 Å². The summed E-state index contributed by atoms with van der Waals surface area (Å²) < 4.78 is 29.0. The van der Waals surface area contributed by atoms with Crippen LogP contribution in [0.3, 0.4) is 0 Å². The van der Waals surface area contributed by atoms with E-state index in [1.807, 2.05) is 0 Å². The van der Waals surface area contributed by atoms with Crippen molar-refractivity contribution < 1.29 is 23.2 Å². The molecular weight excluding hydrogens is 318 g/mol. The monoisotopic (exact) mass is 336 g/mol. The lowest BCUT2D eigenvalue weighted by Gasteiger charge is -2.32. The van der Waals surface area contributed by atoms with Crippen molar-refractivity contribution in [3.8, 4) is 0 Å². The number of hydrogen-bond donors (Lipinski definition) is 1. The fourth-order valence-corrected chi connectivity index (χ4v) is 3.41. The van der Waals surface area contributed by atoms with Crippen molar-refractivity contribution in [3.63, 3.8) is 0 Å². The first-order valence-corrected chi connectivity index (χ1v) is 8.02. The summed E-state index contributed by atoms with van der Waals surface area (Å²) in [4.78, 5) is 35.8. The highest BCUT2D eigenvalue weighted by Gasteiger charge is 2.33. The van der Waals surface area contributed by atoms with Crippen LogP contribution in [-0.4, -0.2) is 31.2 Å². The molecule has 5 nitrogen and oxygen atoms in total. The van der Waals surface area contributed by atoms with Gasteiger partial charge in [0.2, 0.25) is 11.8 Å². The topological polar surface area (TPSA) is 66.5 Å². The Balaban J connectivity index is 1.87. The lowest BCUT2D eigenvalue weighted by atomic mass is 9.89. The van der Waals surface area contributed by atoms with Crippen molar-refractivity contribution in [1.82, 2.24) is 5.32 Å². The summed E-state index contributed by atoms with van der Waals surface area (Å²) in [7, 11) is 0. The number of carbonyl (C=O) groups excluding carboxylic acids is 3. The molecule has 0 radical (unpaired) electrons. The van der Waals surface area contributed by atoms with Gasteiger partial charge in [0, 0.05) is 36.7 Å². The number of nitrogens with zero attached hydrogens (tertiary/aromatic N) is 1. The first kappa shape index (κ1) is 16.5. The molecule has 128 valence electrons. The normalized spacial score (nSPS) is 24.7. The smallest absolute Gasteiger partial charge is 0.234 e. The Morgan fingerprint density at radius 3 is 2.50 bits per heavy atom. The fraction of sp³-hybridized carbons (Fsp3) is 0.471. The second-order valence-electron chi connectivity index (χ2n) is 6.31. The van der Waals surface area contributed by atoms with E-state index in [1.54, 1.807) is 4.90 Å². The SMILES string of the molecule is O=C[C@@H]1CCCN(c2cc(F)c(C3CCC(=O)NC3=O)c(F)c2)C1. The number of rotatable bonds is 3. The van der Waals surface area contributed by atoms with Gasteiger partial charge in [-0.25, -0.2) is 8.78 Å². The minimum absolute atomic E-state index is 0.0597. The molecule has 1 aromatic carbocycles. The molecule has 2 aliphatic rings. The summed E-state index contributed by atoms with van der Waals surface area (Å²) in [6, 6.07) is 2.41. The van der Waals surface area contributed by atoms with Crippen LogP contribution in [0.4, 0.5) is 14.5 Å². The van der Waals surface area contributed by atoms with Crippen LogP contribution >= 0.6 is 0 Å². The van der Waals surface area contributed by atoms with Crippen molar-refractivity contribution in [2.75, 3.05) is 18.0 Å². The Hall–Kier alpha value is -2.31. The molecule has 0 bridgehead atoms. The number of hydrogen-bond acceptors (Lipinski definition) is 4. The van der Waals surface area contributed by atoms with Crippen molar-refractivity contribution in [1.29, 1.82) is 0 Å². The van der Waals surface area contributed by atoms with Gasteiger partial charge in [-0.2, -0.15) is 0 Å². The molecule has 0 aliphatic carbocycles. The molecule has 0 spiro atoms. The maximum atomic E-state index is 14.5. The predicted molar refractivity (Wildman–Crippen MR) is 82.5 cm³/mol. The van der Waals surface area contributed by atoms with Gasteiger partial charge in [-0.3, -0.25) is 14.9 Å². The zero-order valence-corrected chi connectivity index (χ0v) is 13.1. The van der Waals surface area contributed by atoms with Gasteiger partial charge in [0.15, 0.2) is 0 Å². The average molecular weight is 336 g/mol. The molecule has 0 aromatic heterocycles. The standard InChI is InChI=1S/C17H18F2N2O3/c18-13-6-11(21-5-1-2-10(8-21)9-22)7-14(19)16(13)12-3-4-15(23)20-17(12)24/h6-7,9-10,12H,1-5,8H2,(H,20,23,24)/t10-,12?/m1/s1. The summed E-state index contributed by atoms with van der Waals surface area (Å²) in [5, 5.41) is 2.11. The Bertz CT molecular complexity index is 669. The van der Waals surface area contributed by atoms with E-state index in [9.17, 15) is 23.2 Å². The molecule has 2 heterocycles. The van der Waals surface area contributed by atoms with E-state index in [4.69, 9.17) is 0 Å². The molecule has 3 rings (SSSR count). The van der Waals surface area contributed by atoms with Crippen LogP contribution in [0, 0.1) is 17.6 Å². The number of anilines is 1. The van der Waals surface area contributed by atoms with Gasteiger partial charge >= 0.3 is 0 Å². The second-order valence-corrected chi connectivity index (χ2v) is 6.31. The molecule has 24 heavy (non-hydrogen) atoms. The van der Waals surface area contributed by atoms with Crippen LogP contribution in [0.5, 0.6) is 0 Å². The van der Waals surface area contributed by atoms with Gasteiger partial charge in [-0.05, 0) is 31.4 Å². The van der Waals surface area contributed by atoms with Crippen molar-refractivity contribution >= 4 is 23.8 Å². The van der Waals surface area contributed by atoms with E-state index < -0.39 is 29.4 Å². The van der Waals surface area contributed by atoms with Crippen molar-refractivity contribution in [2.45, 2.75) is 31.6 Å². The second kappa shape index (κ2) is 6.67. The molecule has 2 saturated heterocycles. The summed E-state index contributed by atoms with van der Waals surface area (Å²) in [6.45, 7) is 1.06. The Labute approximate surface area is 138 Å². The molecule has 2 atom stereocenters. The van der Waals surface area contributed by atoms with Crippen LogP contribution in [0.2, 0.25) is 0 Å². The zero-order valence-electron chi connectivity index (χ0n) is 13.1. The van der Waals surface area contributed by atoms with Gasteiger partial charge in [0.25, 0.3) is 0 Å². The van der Waals surface area contributed by atoms with Gasteiger partial charge in [-0.15, -0.1) is 0 Å². The van der Waals surface area contributed by atoms with Gasteiger partial charge in [-0.1, -0.05) is 0 Å². The zero-order chi connectivity index (χ0) is 17.3. The van der Waals surface area contributed by atoms with Crippen LogP contribution in [0.25, 0.3) is 0 Å². The molecular formula is C17H18F2N2O3. The minimum atomic E-state index is -0.999. The Kier molecular flexibility index (Phi) is 4.59. The van der Waals surface area contributed by atoms with Crippen LogP contribution < -0.4 is 10.2 Å². The highest BCUT2D eigenvalue weighted by Crippen LogP contribution is 2.33. The molecule has 1 N–H and O–H groups in total. The number of halogens is 2. The molecule has 7 heteroatoms. The number of carbonyl (C=O) groups is 3. The number of amides is 2. The molecule has 2 fully saturated rings. The van der Waals surface area contributed by atoms with Gasteiger partial charge in [0.1, 0.15) is 17.9 Å².